The Balaban J connectivity index is 1.57. The van der Waals surface area contributed by atoms with Crippen molar-refractivity contribution in [2.24, 2.45) is 0 Å². The molecule has 1 atom stereocenters. The number of rotatable bonds is 4. The van der Waals surface area contributed by atoms with E-state index in [4.69, 9.17) is 4.74 Å². The lowest BCUT2D eigenvalue weighted by Gasteiger charge is -2.32. The Hall–Kier alpha value is -2.25. The Labute approximate surface area is 144 Å². The monoisotopic (exact) mass is 345 g/mol. The number of carbonyl (C=O) groups is 2. The van der Waals surface area contributed by atoms with Crippen LogP contribution in [0.1, 0.15) is 10.7 Å². The highest BCUT2D eigenvalue weighted by Gasteiger charge is 2.29. The van der Waals surface area contributed by atoms with Crippen molar-refractivity contribution in [2.45, 2.75) is 19.4 Å². The van der Waals surface area contributed by atoms with Gasteiger partial charge in [-0.05, 0) is 19.1 Å². The Bertz CT molecular complexity index is 717. The van der Waals surface area contributed by atoms with Crippen molar-refractivity contribution >= 4 is 28.8 Å². The number of hydrogen-bond acceptors (Lipinski definition) is 5. The molecule has 1 aliphatic heterocycles. The van der Waals surface area contributed by atoms with E-state index >= 15 is 0 Å². The summed E-state index contributed by atoms with van der Waals surface area (Å²) in [4.78, 5) is 30.7. The van der Waals surface area contributed by atoms with Crippen LogP contribution in [0.5, 0.6) is 0 Å². The Kier molecular flexibility index (Phi) is 5.22. The van der Waals surface area contributed by atoms with Gasteiger partial charge in [0, 0.05) is 17.6 Å². The van der Waals surface area contributed by atoms with E-state index in [9.17, 15) is 9.59 Å². The SMILES string of the molecule is Cc1nc(CC(=O)N2CCOC(C(=O)Nc3ccccc3)C2)cs1. The van der Waals surface area contributed by atoms with Crippen LogP contribution in [0.15, 0.2) is 35.7 Å². The molecule has 2 amide bonds. The molecule has 0 saturated carbocycles. The number of nitrogens with zero attached hydrogens (tertiary/aromatic N) is 2. The van der Waals surface area contributed by atoms with Crippen LogP contribution in [0.3, 0.4) is 0 Å². The van der Waals surface area contributed by atoms with Crippen LogP contribution in [0.25, 0.3) is 0 Å². The van der Waals surface area contributed by atoms with Crippen molar-refractivity contribution < 1.29 is 14.3 Å². The molecule has 1 aromatic heterocycles. The van der Waals surface area contributed by atoms with Crippen molar-refractivity contribution in [1.29, 1.82) is 0 Å². The molecule has 2 heterocycles. The van der Waals surface area contributed by atoms with Gasteiger partial charge in [0.2, 0.25) is 5.91 Å². The molecule has 7 heteroatoms. The number of thiazole rings is 1. The van der Waals surface area contributed by atoms with Crippen LogP contribution in [0, 0.1) is 6.92 Å². The molecular weight excluding hydrogens is 326 g/mol. The van der Waals surface area contributed by atoms with E-state index in [1.165, 1.54) is 11.3 Å². The summed E-state index contributed by atoms with van der Waals surface area (Å²) in [5.74, 6) is -0.260. The lowest BCUT2D eigenvalue weighted by molar-refractivity contribution is -0.144. The minimum Gasteiger partial charge on any atom is -0.365 e. The summed E-state index contributed by atoms with van der Waals surface area (Å²) in [6.45, 7) is 3.03. The van der Waals surface area contributed by atoms with Gasteiger partial charge in [0.05, 0.1) is 30.3 Å². The summed E-state index contributed by atoms with van der Waals surface area (Å²) < 4.78 is 5.53. The maximum Gasteiger partial charge on any atom is 0.255 e. The van der Waals surface area contributed by atoms with Crippen LogP contribution in [0.2, 0.25) is 0 Å². The normalized spacial score (nSPS) is 17.5. The predicted molar refractivity (Wildman–Crippen MR) is 91.9 cm³/mol. The third-order valence-corrected chi connectivity index (χ3v) is 4.57. The third kappa shape index (κ3) is 4.18. The van der Waals surface area contributed by atoms with Crippen LogP contribution in [0.4, 0.5) is 5.69 Å². The number of ether oxygens (including phenoxy) is 1. The lowest BCUT2D eigenvalue weighted by Crippen LogP contribution is -2.50. The highest BCUT2D eigenvalue weighted by Crippen LogP contribution is 2.13. The van der Waals surface area contributed by atoms with Crippen molar-refractivity contribution in [3.8, 4) is 0 Å². The lowest BCUT2D eigenvalue weighted by atomic mass is 10.2. The molecule has 0 spiro atoms. The van der Waals surface area contributed by atoms with E-state index in [1.807, 2.05) is 42.6 Å². The quantitative estimate of drug-likeness (QED) is 0.918. The van der Waals surface area contributed by atoms with Crippen LogP contribution in [-0.4, -0.2) is 47.5 Å². The van der Waals surface area contributed by atoms with Crippen molar-refractivity contribution in [3.63, 3.8) is 0 Å². The summed E-state index contributed by atoms with van der Waals surface area (Å²) in [5.41, 5.74) is 1.49. The first-order valence-corrected chi connectivity index (χ1v) is 8.66. The molecule has 0 radical (unpaired) electrons. The van der Waals surface area contributed by atoms with Crippen LogP contribution in [-0.2, 0) is 20.7 Å². The van der Waals surface area contributed by atoms with Gasteiger partial charge in [-0.3, -0.25) is 9.59 Å². The van der Waals surface area contributed by atoms with Gasteiger partial charge in [0.1, 0.15) is 0 Å². The average Bonchev–Trinajstić information content (AvgIpc) is 3.00. The second-order valence-corrected chi connectivity index (χ2v) is 6.65. The second kappa shape index (κ2) is 7.55. The fourth-order valence-corrected chi connectivity index (χ4v) is 3.15. The van der Waals surface area contributed by atoms with Gasteiger partial charge in [0.15, 0.2) is 6.10 Å². The van der Waals surface area contributed by atoms with E-state index in [0.717, 1.165) is 10.7 Å². The number of aryl methyl sites for hydroxylation is 1. The molecule has 24 heavy (non-hydrogen) atoms. The predicted octanol–water partition coefficient (Wildman–Crippen LogP) is 1.86. The van der Waals surface area contributed by atoms with Gasteiger partial charge < -0.3 is 15.0 Å². The molecular formula is C17H19N3O3S. The van der Waals surface area contributed by atoms with E-state index < -0.39 is 6.10 Å². The Morgan fingerprint density at radius 2 is 2.17 bits per heavy atom. The minimum absolute atomic E-state index is 0.0267. The highest BCUT2D eigenvalue weighted by atomic mass is 32.1. The molecule has 126 valence electrons. The second-order valence-electron chi connectivity index (χ2n) is 5.59. The van der Waals surface area contributed by atoms with Gasteiger partial charge in [0.25, 0.3) is 5.91 Å². The third-order valence-electron chi connectivity index (χ3n) is 3.75. The van der Waals surface area contributed by atoms with E-state index in [-0.39, 0.29) is 24.8 Å². The molecule has 0 bridgehead atoms. The van der Waals surface area contributed by atoms with Gasteiger partial charge in [-0.2, -0.15) is 0 Å². The number of para-hydroxylation sites is 1. The van der Waals surface area contributed by atoms with Gasteiger partial charge in [-0.1, -0.05) is 18.2 Å². The Morgan fingerprint density at radius 1 is 1.38 bits per heavy atom. The zero-order chi connectivity index (χ0) is 16.9. The van der Waals surface area contributed by atoms with E-state index in [2.05, 4.69) is 10.3 Å². The molecule has 1 fully saturated rings. The van der Waals surface area contributed by atoms with E-state index in [0.29, 0.717) is 18.8 Å². The standard InChI is InChI=1S/C17H19N3O3S/c1-12-18-14(11-24-12)9-16(21)20-7-8-23-15(10-20)17(22)19-13-5-3-2-4-6-13/h2-6,11,15H,7-10H2,1H3,(H,19,22). The van der Waals surface area contributed by atoms with Crippen LogP contribution >= 0.6 is 11.3 Å². The number of amides is 2. The number of hydrogen-bond donors (Lipinski definition) is 1. The van der Waals surface area contributed by atoms with Crippen molar-refractivity contribution in [3.05, 3.63) is 46.4 Å². The molecule has 2 aromatic rings. The summed E-state index contributed by atoms with van der Waals surface area (Å²) in [6.07, 6.45) is -0.391. The number of aromatic nitrogens is 1. The molecule has 1 N–H and O–H groups in total. The number of morpholine rings is 1. The number of benzene rings is 1. The highest BCUT2D eigenvalue weighted by molar-refractivity contribution is 7.09. The number of anilines is 1. The topological polar surface area (TPSA) is 71.5 Å². The number of nitrogens with one attached hydrogen (secondary N) is 1. The Morgan fingerprint density at radius 3 is 2.88 bits per heavy atom. The maximum absolute atomic E-state index is 12.4. The molecule has 3 rings (SSSR count). The van der Waals surface area contributed by atoms with Crippen molar-refractivity contribution in [2.75, 3.05) is 25.0 Å². The fourth-order valence-electron chi connectivity index (χ4n) is 2.53. The zero-order valence-corrected chi connectivity index (χ0v) is 14.2. The summed E-state index contributed by atoms with van der Waals surface area (Å²) in [7, 11) is 0. The first-order valence-electron chi connectivity index (χ1n) is 7.78. The molecule has 1 aliphatic rings. The average molecular weight is 345 g/mol. The maximum atomic E-state index is 12.4. The molecule has 1 saturated heterocycles. The smallest absolute Gasteiger partial charge is 0.255 e. The van der Waals surface area contributed by atoms with Gasteiger partial charge in [-0.15, -0.1) is 11.3 Å². The summed E-state index contributed by atoms with van der Waals surface area (Å²) in [6, 6.07) is 9.21. The summed E-state index contributed by atoms with van der Waals surface area (Å²) >= 11 is 1.53. The van der Waals surface area contributed by atoms with E-state index in [1.54, 1.807) is 4.90 Å². The fraction of sp³-hybridized carbons (Fsp3) is 0.353. The van der Waals surface area contributed by atoms with Crippen molar-refractivity contribution in [1.82, 2.24) is 9.88 Å². The molecule has 6 nitrogen and oxygen atoms in total. The largest absolute Gasteiger partial charge is 0.365 e. The molecule has 1 unspecified atom stereocenters. The first-order chi connectivity index (χ1) is 11.6. The van der Waals surface area contributed by atoms with Gasteiger partial charge >= 0.3 is 0 Å². The van der Waals surface area contributed by atoms with Gasteiger partial charge in [-0.25, -0.2) is 4.98 Å². The van der Waals surface area contributed by atoms with Crippen LogP contribution < -0.4 is 5.32 Å². The number of carbonyl (C=O) groups excluding carboxylic acids is 2. The first kappa shape index (κ1) is 16.6. The molecule has 0 aliphatic carbocycles. The molecule has 1 aromatic carbocycles. The minimum atomic E-state index is -0.653. The summed E-state index contributed by atoms with van der Waals surface area (Å²) in [5, 5.41) is 5.65. The zero-order valence-electron chi connectivity index (χ0n) is 13.4.